The Labute approximate surface area is 151 Å². The van der Waals surface area contributed by atoms with Gasteiger partial charge in [-0.2, -0.15) is 11.8 Å². The molecule has 0 radical (unpaired) electrons. The number of hydrogen-bond acceptors (Lipinski definition) is 3. The molecular formula is C15H32IN3OS. The van der Waals surface area contributed by atoms with Crippen molar-refractivity contribution in [2.45, 2.75) is 50.2 Å². The quantitative estimate of drug-likeness (QED) is 0.269. The summed E-state index contributed by atoms with van der Waals surface area (Å²) in [7, 11) is 1.84. The van der Waals surface area contributed by atoms with E-state index in [2.05, 4.69) is 28.8 Å². The van der Waals surface area contributed by atoms with Crippen LogP contribution in [-0.4, -0.2) is 50.3 Å². The Kier molecular flexibility index (Phi) is 13.0. The van der Waals surface area contributed by atoms with Crippen molar-refractivity contribution in [3.63, 3.8) is 0 Å². The molecule has 0 aromatic heterocycles. The fourth-order valence-corrected chi connectivity index (χ4v) is 3.21. The number of nitrogens with zero attached hydrogens (tertiary/aromatic N) is 1. The van der Waals surface area contributed by atoms with Crippen LogP contribution in [0.25, 0.3) is 0 Å². The second-order valence-electron chi connectivity index (χ2n) is 5.41. The third-order valence-electron chi connectivity index (χ3n) is 3.96. The maximum absolute atomic E-state index is 5.48. The Morgan fingerprint density at radius 2 is 1.90 bits per heavy atom. The number of unbranched alkanes of at least 4 members (excludes halogenated alkanes) is 3. The van der Waals surface area contributed by atoms with Gasteiger partial charge in [0.15, 0.2) is 5.96 Å². The van der Waals surface area contributed by atoms with Crippen LogP contribution < -0.4 is 10.6 Å². The lowest BCUT2D eigenvalue weighted by Crippen LogP contribution is -2.48. The summed E-state index contributed by atoms with van der Waals surface area (Å²) in [4.78, 5) is 4.31. The van der Waals surface area contributed by atoms with Gasteiger partial charge in [-0.05, 0) is 25.5 Å². The molecule has 1 aliphatic rings. The molecule has 1 heterocycles. The van der Waals surface area contributed by atoms with Crippen LogP contribution >= 0.6 is 35.7 Å². The van der Waals surface area contributed by atoms with Crippen molar-refractivity contribution < 1.29 is 4.74 Å². The third kappa shape index (κ3) is 8.50. The number of halogens is 1. The summed E-state index contributed by atoms with van der Waals surface area (Å²) >= 11 is 1.96. The van der Waals surface area contributed by atoms with Crippen LogP contribution in [0.5, 0.6) is 0 Å². The van der Waals surface area contributed by atoms with Crippen LogP contribution in [0.3, 0.4) is 0 Å². The summed E-state index contributed by atoms with van der Waals surface area (Å²) in [6, 6.07) is 0. The summed E-state index contributed by atoms with van der Waals surface area (Å²) in [5.74, 6) is 0.932. The van der Waals surface area contributed by atoms with Gasteiger partial charge in [0.2, 0.25) is 0 Å². The van der Waals surface area contributed by atoms with Crippen molar-refractivity contribution in [3.05, 3.63) is 0 Å². The van der Waals surface area contributed by atoms with Crippen molar-refractivity contribution in [2.75, 3.05) is 39.6 Å². The van der Waals surface area contributed by atoms with Crippen LogP contribution in [0.15, 0.2) is 4.99 Å². The van der Waals surface area contributed by atoms with Gasteiger partial charge in [-0.1, -0.05) is 26.2 Å². The van der Waals surface area contributed by atoms with Crippen molar-refractivity contribution >= 4 is 41.7 Å². The van der Waals surface area contributed by atoms with Crippen molar-refractivity contribution in [3.8, 4) is 0 Å². The summed E-state index contributed by atoms with van der Waals surface area (Å²) in [5.41, 5.74) is 0. The molecule has 6 heteroatoms. The maximum atomic E-state index is 5.48. The molecule has 1 fully saturated rings. The molecule has 2 N–H and O–H groups in total. The maximum Gasteiger partial charge on any atom is 0.191 e. The molecule has 0 atom stereocenters. The van der Waals surface area contributed by atoms with E-state index in [0.717, 1.165) is 45.1 Å². The zero-order valence-corrected chi connectivity index (χ0v) is 16.9. The van der Waals surface area contributed by atoms with Crippen LogP contribution in [-0.2, 0) is 4.74 Å². The largest absolute Gasteiger partial charge is 0.381 e. The highest BCUT2D eigenvalue weighted by molar-refractivity contribution is 14.0. The summed E-state index contributed by atoms with van der Waals surface area (Å²) in [5, 5.41) is 6.89. The van der Waals surface area contributed by atoms with Crippen LogP contribution in [0.1, 0.15) is 45.4 Å². The molecule has 21 heavy (non-hydrogen) atoms. The first-order valence-corrected chi connectivity index (χ1v) is 9.06. The number of aliphatic imine (C=N–C) groups is 1. The minimum absolute atomic E-state index is 0. The van der Waals surface area contributed by atoms with E-state index in [4.69, 9.17) is 4.74 Å². The minimum atomic E-state index is 0. The monoisotopic (exact) mass is 429 g/mol. The van der Waals surface area contributed by atoms with E-state index in [1.807, 2.05) is 18.8 Å². The van der Waals surface area contributed by atoms with E-state index in [9.17, 15) is 0 Å². The third-order valence-corrected chi connectivity index (χ3v) is 5.38. The van der Waals surface area contributed by atoms with E-state index in [1.165, 1.54) is 25.7 Å². The van der Waals surface area contributed by atoms with Gasteiger partial charge >= 0.3 is 0 Å². The molecule has 126 valence electrons. The Hall–Kier alpha value is 0.310. The van der Waals surface area contributed by atoms with Gasteiger partial charge in [0.25, 0.3) is 0 Å². The molecular weight excluding hydrogens is 397 g/mol. The molecule has 0 spiro atoms. The van der Waals surface area contributed by atoms with Crippen LogP contribution in [0, 0.1) is 0 Å². The average molecular weight is 429 g/mol. The zero-order chi connectivity index (χ0) is 14.7. The molecule has 1 rings (SSSR count). The molecule has 0 aromatic carbocycles. The van der Waals surface area contributed by atoms with Crippen molar-refractivity contribution in [1.82, 2.24) is 10.6 Å². The Morgan fingerprint density at radius 1 is 1.19 bits per heavy atom. The molecule has 0 aliphatic carbocycles. The van der Waals surface area contributed by atoms with E-state index >= 15 is 0 Å². The highest BCUT2D eigenvalue weighted by atomic mass is 127. The summed E-state index contributed by atoms with van der Waals surface area (Å²) < 4.78 is 5.78. The number of nitrogens with one attached hydrogen (secondary N) is 2. The summed E-state index contributed by atoms with van der Waals surface area (Å²) in [6.07, 6.45) is 9.56. The van der Waals surface area contributed by atoms with Gasteiger partial charge in [-0.15, -0.1) is 24.0 Å². The summed E-state index contributed by atoms with van der Waals surface area (Å²) in [6.45, 7) is 5.97. The average Bonchev–Trinajstić information content (AvgIpc) is 2.51. The smallest absolute Gasteiger partial charge is 0.191 e. The van der Waals surface area contributed by atoms with E-state index in [0.29, 0.717) is 4.75 Å². The van der Waals surface area contributed by atoms with Gasteiger partial charge in [0, 0.05) is 38.1 Å². The Balaban J connectivity index is 0.00000400. The second kappa shape index (κ2) is 12.8. The van der Waals surface area contributed by atoms with Gasteiger partial charge < -0.3 is 15.4 Å². The van der Waals surface area contributed by atoms with Crippen LogP contribution in [0.4, 0.5) is 0 Å². The normalized spacial score (nSPS) is 18.0. The van der Waals surface area contributed by atoms with E-state index in [-0.39, 0.29) is 24.0 Å². The predicted octanol–water partition coefficient (Wildman–Crippen LogP) is 3.26. The minimum Gasteiger partial charge on any atom is -0.381 e. The number of ether oxygens (including phenoxy) is 1. The first-order valence-electron chi connectivity index (χ1n) is 7.84. The lowest BCUT2D eigenvalue weighted by molar-refractivity contribution is 0.0783. The highest BCUT2D eigenvalue weighted by Gasteiger charge is 2.31. The molecule has 0 aromatic rings. The molecule has 0 bridgehead atoms. The number of thioether (sulfide) groups is 1. The zero-order valence-electron chi connectivity index (χ0n) is 13.7. The van der Waals surface area contributed by atoms with Gasteiger partial charge in [-0.25, -0.2) is 0 Å². The number of rotatable bonds is 8. The Bertz CT molecular complexity index is 284. The lowest BCUT2D eigenvalue weighted by Gasteiger charge is -2.36. The highest BCUT2D eigenvalue weighted by Crippen LogP contribution is 2.32. The molecule has 0 amide bonds. The van der Waals surface area contributed by atoms with Crippen molar-refractivity contribution in [2.24, 2.45) is 4.99 Å². The number of hydrogen-bond donors (Lipinski definition) is 2. The molecule has 1 aliphatic heterocycles. The van der Waals surface area contributed by atoms with Gasteiger partial charge in [0.1, 0.15) is 0 Å². The first-order chi connectivity index (χ1) is 9.76. The number of guanidine groups is 1. The molecule has 4 nitrogen and oxygen atoms in total. The van der Waals surface area contributed by atoms with Crippen molar-refractivity contribution in [1.29, 1.82) is 0 Å². The molecule has 0 saturated carbocycles. The first kappa shape index (κ1) is 21.3. The van der Waals surface area contributed by atoms with E-state index in [1.54, 1.807) is 0 Å². The predicted molar refractivity (Wildman–Crippen MR) is 105 cm³/mol. The van der Waals surface area contributed by atoms with Gasteiger partial charge in [0.05, 0.1) is 0 Å². The SMILES string of the molecule is CCCCCCNC(=NC)NCC1(SC)CCOCC1.I. The van der Waals surface area contributed by atoms with E-state index < -0.39 is 0 Å². The topological polar surface area (TPSA) is 45.7 Å². The fourth-order valence-electron chi connectivity index (χ4n) is 2.42. The molecule has 0 unspecified atom stereocenters. The van der Waals surface area contributed by atoms with Crippen LogP contribution in [0.2, 0.25) is 0 Å². The van der Waals surface area contributed by atoms with Gasteiger partial charge in [-0.3, -0.25) is 4.99 Å². The second-order valence-corrected chi connectivity index (χ2v) is 6.69. The fraction of sp³-hybridized carbons (Fsp3) is 0.933. The standard InChI is InChI=1S/C15H31N3OS.HI/c1-4-5-6-7-10-17-14(16-2)18-13-15(20-3)8-11-19-12-9-15;/h4-13H2,1-3H3,(H2,16,17,18);1H. The molecule has 1 saturated heterocycles. The Morgan fingerprint density at radius 3 is 2.48 bits per heavy atom. The lowest BCUT2D eigenvalue weighted by atomic mass is 9.99.